The van der Waals surface area contributed by atoms with E-state index < -0.39 is 22.7 Å². The van der Waals surface area contributed by atoms with E-state index in [2.05, 4.69) is 10.3 Å². The van der Waals surface area contributed by atoms with Gasteiger partial charge >= 0.3 is 12.1 Å². The molecule has 0 spiro atoms. The highest BCUT2D eigenvalue weighted by Crippen LogP contribution is 2.35. The molecule has 2 aromatic rings. The van der Waals surface area contributed by atoms with Gasteiger partial charge in [0.05, 0.1) is 22.0 Å². The predicted molar refractivity (Wildman–Crippen MR) is 63.1 cm³/mol. The van der Waals surface area contributed by atoms with Gasteiger partial charge in [-0.3, -0.25) is 0 Å². The minimum atomic E-state index is -4.61. The lowest BCUT2D eigenvalue weighted by atomic mass is 10.2. The van der Waals surface area contributed by atoms with Crippen molar-refractivity contribution in [3.8, 4) is 5.69 Å². The zero-order chi connectivity index (χ0) is 15.1. The molecule has 0 saturated carbocycles. The maximum absolute atomic E-state index is 12.8. The van der Waals surface area contributed by atoms with E-state index >= 15 is 0 Å². The van der Waals surface area contributed by atoms with Gasteiger partial charge in [-0.1, -0.05) is 16.8 Å². The van der Waals surface area contributed by atoms with Crippen molar-refractivity contribution in [2.75, 3.05) is 0 Å². The first-order valence-electron chi connectivity index (χ1n) is 5.24. The summed E-state index contributed by atoms with van der Waals surface area (Å²) in [4.78, 5) is 10.8. The van der Waals surface area contributed by atoms with Crippen molar-refractivity contribution >= 4 is 17.6 Å². The molecule has 1 heterocycles. The fourth-order valence-corrected chi connectivity index (χ4v) is 1.86. The minimum Gasteiger partial charge on any atom is -0.476 e. The van der Waals surface area contributed by atoms with Gasteiger partial charge in [-0.25, -0.2) is 9.48 Å². The van der Waals surface area contributed by atoms with Crippen LogP contribution in [-0.4, -0.2) is 26.1 Å². The van der Waals surface area contributed by atoms with Gasteiger partial charge in [0, 0.05) is 0 Å². The number of aromatic nitrogens is 3. The number of nitrogens with zero attached hydrogens (tertiary/aromatic N) is 3. The Labute approximate surface area is 115 Å². The molecule has 0 aliphatic carbocycles. The predicted octanol–water partition coefficient (Wildman–Crippen LogP) is 2.95. The normalized spacial score (nSPS) is 11.7. The fourth-order valence-electron chi connectivity index (χ4n) is 1.63. The molecule has 0 aliphatic rings. The standard InChI is InChI=1S/C11H7ClF3N3O2/c1-5-9(10(19)20)16-17-18(5)6-2-3-8(12)7(4-6)11(13,14)15/h2-4H,1H3,(H,19,20). The molecule has 1 aromatic carbocycles. The molecule has 0 unspecified atom stereocenters. The lowest BCUT2D eigenvalue weighted by molar-refractivity contribution is -0.137. The number of benzene rings is 1. The molecule has 2 rings (SSSR count). The number of hydrogen-bond acceptors (Lipinski definition) is 3. The van der Waals surface area contributed by atoms with Gasteiger partial charge in [-0.05, 0) is 25.1 Å². The second kappa shape index (κ2) is 4.78. The first-order valence-corrected chi connectivity index (χ1v) is 5.62. The van der Waals surface area contributed by atoms with E-state index in [-0.39, 0.29) is 17.1 Å². The van der Waals surface area contributed by atoms with Crippen molar-refractivity contribution in [1.82, 2.24) is 15.0 Å². The molecule has 0 amide bonds. The van der Waals surface area contributed by atoms with Crippen molar-refractivity contribution in [3.63, 3.8) is 0 Å². The van der Waals surface area contributed by atoms with Crippen LogP contribution in [0.15, 0.2) is 18.2 Å². The zero-order valence-electron chi connectivity index (χ0n) is 9.94. The summed E-state index contributed by atoms with van der Waals surface area (Å²) in [6, 6.07) is 3.15. The second-order valence-electron chi connectivity index (χ2n) is 3.90. The first kappa shape index (κ1) is 14.3. The number of carboxylic acids is 1. The highest BCUT2D eigenvalue weighted by atomic mass is 35.5. The molecule has 0 aliphatic heterocycles. The van der Waals surface area contributed by atoms with Crippen LogP contribution in [0.5, 0.6) is 0 Å². The Hall–Kier alpha value is -2.09. The third-order valence-electron chi connectivity index (χ3n) is 2.60. The van der Waals surface area contributed by atoms with E-state index in [1.807, 2.05) is 0 Å². The largest absolute Gasteiger partial charge is 0.476 e. The number of halogens is 4. The van der Waals surface area contributed by atoms with Gasteiger partial charge in [0.1, 0.15) is 0 Å². The van der Waals surface area contributed by atoms with Crippen LogP contribution in [0.25, 0.3) is 5.69 Å². The monoisotopic (exact) mass is 305 g/mol. The van der Waals surface area contributed by atoms with Gasteiger partial charge in [-0.2, -0.15) is 13.2 Å². The summed E-state index contributed by atoms with van der Waals surface area (Å²) in [6.07, 6.45) is -4.61. The summed E-state index contributed by atoms with van der Waals surface area (Å²) in [5, 5.41) is 15.3. The van der Waals surface area contributed by atoms with Crippen molar-refractivity contribution in [3.05, 3.63) is 40.2 Å². The summed E-state index contributed by atoms with van der Waals surface area (Å²) >= 11 is 5.50. The zero-order valence-corrected chi connectivity index (χ0v) is 10.7. The Bertz CT molecular complexity index is 682. The second-order valence-corrected chi connectivity index (χ2v) is 4.31. The average Bonchev–Trinajstić information content (AvgIpc) is 2.70. The number of rotatable bonds is 2. The molecule has 1 aromatic heterocycles. The maximum Gasteiger partial charge on any atom is 0.417 e. The van der Waals surface area contributed by atoms with E-state index in [0.29, 0.717) is 0 Å². The van der Waals surface area contributed by atoms with Crippen LogP contribution in [0, 0.1) is 6.92 Å². The minimum absolute atomic E-state index is 0.0271. The molecule has 0 fully saturated rings. The van der Waals surface area contributed by atoms with E-state index in [4.69, 9.17) is 16.7 Å². The van der Waals surface area contributed by atoms with Crippen molar-refractivity contribution in [1.29, 1.82) is 0 Å². The summed E-state index contributed by atoms with van der Waals surface area (Å²) in [5.74, 6) is -1.31. The molecule has 0 atom stereocenters. The van der Waals surface area contributed by atoms with Crippen LogP contribution in [0.3, 0.4) is 0 Å². The molecule has 5 nitrogen and oxygen atoms in total. The average molecular weight is 306 g/mol. The molecule has 0 radical (unpaired) electrons. The van der Waals surface area contributed by atoms with E-state index in [1.54, 1.807) is 0 Å². The van der Waals surface area contributed by atoms with Crippen LogP contribution < -0.4 is 0 Å². The summed E-state index contributed by atoms with van der Waals surface area (Å²) < 4.78 is 39.3. The Kier molecular flexibility index (Phi) is 3.43. The van der Waals surface area contributed by atoms with E-state index in [9.17, 15) is 18.0 Å². The maximum atomic E-state index is 12.8. The molecule has 9 heteroatoms. The molecule has 0 bridgehead atoms. The van der Waals surface area contributed by atoms with Crippen LogP contribution >= 0.6 is 11.6 Å². The van der Waals surface area contributed by atoms with Gasteiger partial charge < -0.3 is 5.11 Å². The Morgan fingerprint density at radius 1 is 1.40 bits per heavy atom. The summed E-state index contributed by atoms with van der Waals surface area (Å²) in [7, 11) is 0. The van der Waals surface area contributed by atoms with Crippen molar-refractivity contribution < 1.29 is 23.1 Å². The van der Waals surface area contributed by atoms with Crippen LogP contribution in [0.1, 0.15) is 21.7 Å². The molecular weight excluding hydrogens is 299 g/mol. The summed E-state index contributed by atoms with van der Waals surface area (Å²) in [5.41, 5.74) is -1.20. The van der Waals surface area contributed by atoms with Gasteiger partial charge in [-0.15, -0.1) is 5.10 Å². The number of hydrogen-bond donors (Lipinski definition) is 1. The van der Waals surface area contributed by atoms with E-state index in [1.165, 1.54) is 13.0 Å². The fraction of sp³-hybridized carbons (Fsp3) is 0.182. The molecular formula is C11H7ClF3N3O2. The van der Waals surface area contributed by atoms with Crippen molar-refractivity contribution in [2.24, 2.45) is 0 Å². The Morgan fingerprint density at radius 3 is 2.55 bits per heavy atom. The first-order chi connectivity index (χ1) is 9.21. The van der Waals surface area contributed by atoms with Crippen LogP contribution in [0.2, 0.25) is 5.02 Å². The van der Waals surface area contributed by atoms with Crippen LogP contribution in [0.4, 0.5) is 13.2 Å². The molecule has 20 heavy (non-hydrogen) atoms. The molecule has 1 N–H and O–H groups in total. The number of aromatic carboxylic acids is 1. The smallest absolute Gasteiger partial charge is 0.417 e. The van der Waals surface area contributed by atoms with Gasteiger partial charge in [0.2, 0.25) is 0 Å². The highest BCUT2D eigenvalue weighted by molar-refractivity contribution is 6.31. The molecule has 106 valence electrons. The third kappa shape index (κ3) is 2.46. The van der Waals surface area contributed by atoms with Gasteiger partial charge in [0.25, 0.3) is 0 Å². The quantitative estimate of drug-likeness (QED) is 0.926. The highest BCUT2D eigenvalue weighted by Gasteiger charge is 2.33. The van der Waals surface area contributed by atoms with Crippen molar-refractivity contribution in [2.45, 2.75) is 13.1 Å². The SMILES string of the molecule is Cc1c(C(=O)O)nnn1-c1ccc(Cl)c(C(F)(F)F)c1. The van der Waals surface area contributed by atoms with Gasteiger partial charge in [0.15, 0.2) is 5.69 Å². The lowest BCUT2D eigenvalue weighted by Crippen LogP contribution is -2.08. The topological polar surface area (TPSA) is 68.0 Å². The Balaban J connectivity index is 2.57. The molecule has 0 saturated heterocycles. The third-order valence-corrected chi connectivity index (χ3v) is 2.93. The summed E-state index contributed by atoms with van der Waals surface area (Å²) in [6.45, 7) is 1.39. The number of alkyl halides is 3. The lowest BCUT2D eigenvalue weighted by Gasteiger charge is -2.11. The Morgan fingerprint density at radius 2 is 2.05 bits per heavy atom. The van der Waals surface area contributed by atoms with E-state index in [0.717, 1.165) is 16.8 Å². The number of carbonyl (C=O) groups is 1. The number of carboxylic acid groups (broad SMARTS) is 1. The van der Waals surface area contributed by atoms with Crippen LogP contribution in [-0.2, 0) is 6.18 Å².